The summed E-state index contributed by atoms with van der Waals surface area (Å²) < 4.78 is 14.6. The molecule has 0 radical (unpaired) electrons. The molecule has 1 atom stereocenters. The van der Waals surface area contributed by atoms with E-state index >= 15 is 0 Å². The van der Waals surface area contributed by atoms with Crippen molar-refractivity contribution in [1.82, 2.24) is 4.98 Å². The van der Waals surface area contributed by atoms with Gasteiger partial charge >= 0.3 is 0 Å². The number of benzene rings is 2. The molecule has 0 bridgehead atoms. The molecule has 1 heterocycles. The van der Waals surface area contributed by atoms with Crippen molar-refractivity contribution in [2.24, 2.45) is 0 Å². The number of hydrogen-bond acceptors (Lipinski definition) is 2. The van der Waals surface area contributed by atoms with Gasteiger partial charge in [0.2, 0.25) is 0 Å². The van der Waals surface area contributed by atoms with Crippen LogP contribution in [0.1, 0.15) is 17.2 Å². The first kappa shape index (κ1) is 14.2. The number of halogens is 2. The van der Waals surface area contributed by atoms with Crippen molar-refractivity contribution < 1.29 is 9.50 Å². The zero-order valence-electron chi connectivity index (χ0n) is 11.1. The van der Waals surface area contributed by atoms with Gasteiger partial charge in [0.25, 0.3) is 0 Å². The number of pyridine rings is 1. The molecule has 0 fully saturated rings. The van der Waals surface area contributed by atoms with Crippen molar-refractivity contribution >= 4 is 26.8 Å². The molecular formula is C17H13BrFNO. The lowest BCUT2D eigenvalue weighted by atomic mass is 9.98. The van der Waals surface area contributed by atoms with Crippen molar-refractivity contribution in [3.8, 4) is 0 Å². The Bertz CT molecular complexity index is 791. The van der Waals surface area contributed by atoms with Gasteiger partial charge in [-0.05, 0) is 23.8 Å². The van der Waals surface area contributed by atoms with E-state index in [0.717, 1.165) is 15.4 Å². The molecular weight excluding hydrogens is 333 g/mol. The van der Waals surface area contributed by atoms with E-state index in [4.69, 9.17) is 0 Å². The smallest absolute Gasteiger partial charge is 0.126 e. The van der Waals surface area contributed by atoms with Crippen LogP contribution >= 0.6 is 15.9 Å². The number of aliphatic hydroxyl groups excluding tert-OH is 1. The van der Waals surface area contributed by atoms with Crippen LogP contribution in [-0.4, -0.2) is 10.1 Å². The quantitative estimate of drug-likeness (QED) is 0.762. The highest BCUT2D eigenvalue weighted by atomic mass is 79.9. The van der Waals surface area contributed by atoms with E-state index in [-0.39, 0.29) is 12.2 Å². The van der Waals surface area contributed by atoms with Gasteiger partial charge in [-0.15, -0.1) is 0 Å². The highest BCUT2D eigenvalue weighted by Gasteiger charge is 2.15. The molecule has 106 valence electrons. The standard InChI is InChI=1S/C17H13BrFNO/c18-14-8-7-13(17-12(14)5-3-9-20-17)16(21)10-11-4-1-2-6-15(11)19/h1-9,16,21H,10H2. The second-order valence-electron chi connectivity index (χ2n) is 4.85. The van der Waals surface area contributed by atoms with Gasteiger partial charge in [0.05, 0.1) is 11.6 Å². The maximum Gasteiger partial charge on any atom is 0.126 e. The molecule has 0 aliphatic rings. The molecule has 21 heavy (non-hydrogen) atoms. The number of fused-ring (bicyclic) bond motifs is 1. The summed E-state index contributed by atoms with van der Waals surface area (Å²) in [6.45, 7) is 0. The maximum atomic E-state index is 13.7. The minimum Gasteiger partial charge on any atom is -0.388 e. The largest absolute Gasteiger partial charge is 0.388 e. The monoisotopic (exact) mass is 345 g/mol. The first-order valence-corrected chi connectivity index (χ1v) is 7.40. The van der Waals surface area contributed by atoms with Gasteiger partial charge < -0.3 is 5.11 Å². The Kier molecular flexibility index (Phi) is 3.99. The lowest BCUT2D eigenvalue weighted by Gasteiger charge is -2.14. The number of hydrogen-bond donors (Lipinski definition) is 1. The van der Waals surface area contributed by atoms with Crippen molar-refractivity contribution in [3.63, 3.8) is 0 Å². The molecule has 0 saturated carbocycles. The van der Waals surface area contributed by atoms with E-state index in [1.54, 1.807) is 24.4 Å². The summed E-state index contributed by atoms with van der Waals surface area (Å²) in [6.07, 6.45) is 1.11. The van der Waals surface area contributed by atoms with Crippen molar-refractivity contribution in [2.75, 3.05) is 0 Å². The molecule has 3 rings (SSSR count). The van der Waals surface area contributed by atoms with E-state index in [2.05, 4.69) is 20.9 Å². The van der Waals surface area contributed by atoms with Crippen LogP contribution in [0.4, 0.5) is 4.39 Å². The average Bonchev–Trinajstić information content (AvgIpc) is 2.50. The minimum atomic E-state index is -0.799. The van der Waals surface area contributed by atoms with Crippen molar-refractivity contribution in [2.45, 2.75) is 12.5 Å². The van der Waals surface area contributed by atoms with Crippen LogP contribution in [0, 0.1) is 5.82 Å². The second kappa shape index (κ2) is 5.92. The van der Waals surface area contributed by atoms with Crippen LogP contribution in [-0.2, 0) is 6.42 Å². The van der Waals surface area contributed by atoms with Crippen molar-refractivity contribution in [1.29, 1.82) is 0 Å². The molecule has 0 saturated heterocycles. The van der Waals surface area contributed by atoms with Crippen LogP contribution in [0.25, 0.3) is 10.9 Å². The van der Waals surface area contributed by atoms with E-state index in [0.29, 0.717) is 11.1 Å². The predicted octanol–water partition coefficient (Wildman–Crippen LogP) is 4.41. The van der Waals surface area contributed by atoms with Crippen molar-refractivity contribution in [3.05, 3.63) is 76.1 Å². The summed E-state index contributed by atoms with van der Waals surface area (Å²) in [5.74, 6) is -0.300. The molecule has 0 amide bonds. The Labute approximate surface area is 130 Å². The molecule has 1 N–H and O–H groups in total. The minimum absolute atomic E-state index is 0.222. The Balaban J connectivity index is 2.01. The first-order valence-electron chi connectivity index (χ1n) is 6.61. The van der Waals surface area contributed by atoms with Crippen LogP contribution < -0.4 is 0 Å². The summed E-state index contributed by atoms with van der Waals surface area (Å²) in [5, 5.41) is 11.4. The molecule has 0 spiro atoms. The lowest BCUT2D eigenvalue weighted by Crippen LogP contribution is -2.05. The number of rotatable bonds is 3. The van der Waals surface area contributed by atoms with Gasteiger partial charge in [-0.1, -0.05) is 46.3 Å². The van der Waals surface area contributed by atoms with E-state index in [1.807, 2.05) is 24.3 Å². The molecule has 4 heteroatoms. The maximum absolute atomic E-state index is 13.7. The Morgan fingerprint density at radius 2 is 1.90 bits per heavy atom. The van der Waals surface area contributed by atoms with Gasteiger partial charge in [0.15, 0.2) is 0 Å². The molecule has 2 aromatic carbocycles. The summed E-state index contributed by atoms with van der Waals surface area (Å²) >= 11 is 3.48. The van der Waals surface area contributed by atoms with Gasteiger partial charge in [-0.3, -0.25) is 4.98 Å². The fourth-order valence-electron chi connectivity index (χ4n) is 2.41. The molecule has 0 aliphatic heterocycles. The average molecular weight is 346 g/mol. The molecule has 3 aromatic rings. The Morgan fingerprint density at radius 1 is 1.10 bits per heavy atom. The number of nitrogens with zero attached hydrogens (tertiary/aromatic N) is 1. The highest BCUT2D eigenvalue weighted by Crippen LogP contribution is 2.30. The topological polar surface area (TPSA) is 33.1 Å². The van der Waals surface area contributed by atoms with Crippen LogP contribution in [0.15, 0.2) is 59.2 Å². The highest BCUT2D eigenvalue weighted by molar-refractivity contribution is 9.10. The summed E-state index contributed by atoms with van der Waals surface area (Å²) in [4.78, 5) is 4.34. The fraction of sp³-hybridized carbons (Fsp3) is 0.118. The van der Waals surface area contributed by atoms with Crippen LogP contribution in [0.2, 0.25) is 0 Å². The lowest BCUT2D eigenvalue weighted by molar-refractivity contribution is 0.178. The molecule has 1 aromatic heterocycles. The van der Waals surface area contributed by atoms with Gasteiger partial charge in [-0.2, -0.15) is 0 Å². The molecule has 2 nitrogen and oxygen atoms in total. The van der Waals surface area contributed by atoms with Crippen LogP contribution in [0.5, 0.6) is 0 Å². The normalized spacial score (nSPS) is 12.5. The van der Waals surface area contributed by atoms with E-state index in [1.165, 1.54) is 6.07 Å². The third kappa shape index (κ3) is 2.82. The second-order valence-corrected chi connectivity index (χ2v) is 5.70. The third-order valence-corrected chi connectivity index (χ3v) is 4.17. The molecule has 1 unspecified atom stereocenters. The third-order valence-electron chi connectivity index (χ3n) is 3.48. The summed E-state index contributed by atoms with van der Waals surface area (Å²) in [7, 11) is 0. The van der Waals surface area contributed by atoms with Gasteiger partial charge in [0.1, 0.15) is 5.82 Å². The fourth-order valence-corrected chi connectivity index (χ4v) is 2.86. The predicted molar refractivity (Wildman–Crippen MR) is 84.5 cm³/mol. The summed E-state index contributed by atoms with van der Waals surface area (Å²) in [6, 6.07) is 14.0. The number of aliphatic hydroxyl groups is 1. The molecule has 0 aliphatic carbocycles. The van der Waals surface area contributed by atoms with Crippen LogP contribution in [0.3, 0.4) is 0 Å². The number of aromatic nitrogens is 1. The zero-order valence-corrected chi connectivity index (χ0v) is 12.7. The SMILES string of the molecule is OC(Cc1ccccc1F)c1ccc(Br)c2cccnc12. The Hall–Kier alpha value is -1.78. The van der Waals surface area contributed by atoms with E-state index < -0.39 is 6.10 Å². The zero-order chi connectivity index (χ0) is 14.8. The van der Waals surface area contributed by atoms with Gasteiger partial charge in [-0.25, -0.2) is 4.39 Å². The van der Waals surface area contributed by atoms with E-state index in [9.17, 15) is 9.50 Å². The first-order chi connectivity index (χ1) is 10.2. The van der Waals surface area contributed by atoms with Gasteiger partial charge in [0, 0.05) is 28.0 Å². The Morgan fingerprint density at radius 3 is 2.71 bits per heavy atom. The summed E-state index contributed by atoms with van der Waals surface area (Å²) in [5.41, 5.74) is 1.93.